The highest BCUT2D eigenvalue weighted by atomic mass is 35.5. The first kappa shape index (κ1) is 18.4. The van der Waals surface area contributed by atoms with Gasteiger partial charge in [0.25, 0.3) is 0 Å². The lowest BCUT2D eigenvalue weighted by molar-refractivity contribution is -0.116. The Morgan fingerprint density at radius 1 is 1.21 bits per heavy atom. The molecule has 0 atom stereocenters. The van der Waals surface area contributed by atoms with Gasteiger partial charge in [0.05, 0.1) is 6.54 Å². The standard InChI is InChI=1S/C19H19Cl2NO2/c1-13-4-3-5-18(14(13)2)24-11-10-22-19(23)9-7-15-6-8-16(20)12-17(15)21/h3-9,12H,10-11H2,1-2H3,(H,22,23)/b9-7+. The molecule has 0 aliphatic heterocycles. The van der Waals surface area contributed by atoms with Crippen LogP contribution in [0, 0.1) is 13.8 Å². The zero-order chi connectivity index (χ0) is 17.5. The SMILES string of the molecule is Cc1cccc(OCCNC(=O)/C=C/c2ccc(Cl)cc2Cl)c1C. The minimum Gasteiger partial charge on any atom is -0.491 e. The zero-order valence-corrected chi connectivity index (χ0v) is 15.1. The molecule has 0 fully saturated rings. The van der Waals surface area contributed by atoms with Crippen molar-refractivity contribution in [1.82, 2.24) is 5.32 Å². The molecule has 0 saturated carbocycles. The number of hydrogen-bond acceptors (Lipinski definition) is 2. The van der Waals surface area contributed by atoms with E-state index >= 15 is 0 Å². The third kappa shape index (κ3) is 5.29. The van der Waals surface area contributed by atoms with Crippen molar-refractivity contribution in [3.05, 3.63) is 69.2 Å². The van der Waals surface area contributed by atoms with Crippen LogP contribution in [0.25, 0.3) is 6.08 Å². The number of nitrogens with one attached hydrogen (secondary N) is 1. The van der Waals surface area contributed by atoms with E-state index in [1.807, 2.05) is 32.0 Å². The minimum absolute atomic E-state index is 0.203. The lowest BCUT2D eigenvalue weighted by Gasteiger charge is -2.10. The number of aryl methyl sites for hydroxylation is 1. The number of amides is 1. The molecule has 3 nitrogen and oxygen atoms in total. The third-order valence-electron chi connectivity index (χ3n) is 3.59. The molecule has 0 aromatic heterocycles. The molecule has 2 aromatic rings. The molecule has 0 heterocycles. The van der Waals surface area contributed by atoms with Gasteiger partial charge in [-0.3, -0.25) is 4.79 Å². The Balaban J connectivity index is 1.79. The fourth-order valence-corrected chi connectivity index (χ4v) is 2.55. The molecule has 0 saturated heterocycles. The fraction of sp³-hybridized carbons (Fsp3) is 0.211. The van der Waals surface area contributed by atoms with E-state index < -0.39 is 0 Å². The van der Waals surface area contributed by atoms with Crippen LogP contribution in [0.15, 0.2) is 42.5 Å². The van der Waals surface area contributed by atoms with Crippen molar-refractivity contribution in [2.75, 3.05) is 13.2 Å². The zero-order valence-electron chi connectivity index (χ0n) is 13.6. The van der Waals surface area contributed by atoms with Gasteiger partial charge in [0.1, 0.15) is 12.4 Å². The molecule has 24 heavy (non-hydrogen) atoms. The molecule has 5 heteroatoms. The first-order valence-electron chi connectivity index (χ1n) is 7.57. The Hall–Kier alpha value is -1.97. The Bertz CT molecular complexity index is 757. The van der Waals surface area contributed by atoms with Gasteiger partial charge in [-0.25, -0.2) is 0 Å². The van der Waals surface area contributed by atoms with Crippen LogP contribution in [0.2, 0.25) is 10.0 Å². The van der Waals surface area contributed by atoms with E-state index in [1.165, 1.54) is 11.6 Å². The van der Waals surface area contributed by atoms with E-state index in [2.05, 4.69) is 5.32 Å². The highest BCUT2D eigenvalue weighted by molar-refractivity contribution is 6.35. The van der Waals surface area contributed by atoms with Gasteiger partial charge in [0, 0.05) is 16.1 Å². The second-order valence-corrected chi connectivity index (χ2v) is 6.18. The third-order valence-corrected chi connectivity index (χ3v) is 4.15. The summed E-state index contributed by atoms with van der Waals surface area (Å²) >= 11 is 11.9. The topological polar surface area (TPSA) is 38.3 Å². The normalized spacial score (nSPS) is 10.8. The van der Waals surface area contributed by atoms with Crippen molar-refractivity contribution >= 4 is 35.2 Å². The van der Waals surface area contributed by atoms with Crippen molar-refractivity contribution < 1.29 is 9.53 Å². The summed E-state index contributed by atoms with van der Waals surface area (Å²) in [5, 5.41) is 3.83. The number of ether oxygens (including phenoxy) is 1. The Kier molecular flexibility index (Phi) is 6.71. The predicted molar refractivity (Wildman–Crippen MR) is 99.9 cm³/mol. The Morgan fingerprint density at radius 2 is 2.00 bits per heavy atom. The van der Waals surface area contributed by atoms with Gasteiger partial charge in [-0.1, -0.05) is 41.4 Å². The smallest absolute Gasteiger partial charge is 0.244 e. The van der Waals surface area contributed by atoms with Crippen molar-refractivity contribution in [2.24, 2.45) is 0 Å². The molecule has 0 bridgehead atoms. The molecule has 2 aromatic carbocycles. The Morgan fingerprint density at radius 3 is 2.75 bits per heavy atom. The molecule has 0 unspecified atom stereocenters. The summed E-state index contributed by atoms with van der Waals surface area (Å²) in [6.45, 7) is 4.88. The van der Waals surface area contributed by atoms with Crippen LogP contribution < -0.4 is 10.1 Å². The lowest BCUT2D eigenvalue weighted by Crippen LogP contribution is -2.26. The summed E-state index contributed by atoms with van der Waals surface area (Å²) in [5.74, 6) is 0.637. The number of carbonyl (C=O) groups is 1. The first-order valence-corrected chi connectivity index (χ1v) is 8.33. The highest BCUT2D eigenvalue weighted by Crippen LogP contribution is 2.22. The van der Waals surface area contributed by atoms with Gasteiger partial charge in [-0.15, -0.1) is 0 Å². The number of benzene rings is 2. The predicted octanol–water partition coefficient (Wildman–Crippen LogP) is 4.82. The van der Waals surface area contributed by atoms with Gasteiger partial charge in [-0.2, -0.15) is 0 Å². The van der Waals surface area contributed by atoms with Crippen molar-refractivity contribution in [1.29, 1.82) is 0 Å². The van der Waals surface area contributed by atoms with E-state index in [1.54, 1.807) is 24.3 Å². The number of halogens is 2. The largest absolute Gasteiger partial charge is 0.491 e. The quantitative estimate of drug-likeness (QED) is 0.590. The van der Waals surface area contributed by atoms with Crippen LogP contribution in [-0.4, -0.2) is 19.1 Å². The molecule has 1 N–H and O–H groups in total. The molecule has 126 valence electrons. The van der Waals surface area contributed by atoms with E-state index in [0.717, 1.165) is 16.9 Å². The van der Waals surface area contributed by atoms with Crippen molar-refractivity contribution in [3.63, 3.8) is 0 Å². The highest BCUT2D eigenvalue weighted by Gasteiger charge is 2.02. The summed E-state index contributed by atoms with van der Waals surface area (Å²) in [7, 11) is 0. The summed E-state index contributed by atoms with van der Waals surface area (Å²) in [4.78, 5) is 11.8. The summed E-state index contributed by atoms with van der Waals surface area (Å²) in [5.41, 5.74) is 3.03. The molecule has 0 aliphatic carbocycles. The summed E-state index contributed by atoms with van der Waals surface area (Å²) < 4.78 is 5.69. The van der Waals surface area contributed by atoms with Gasteiger partial charge in [0.2, 0.25) is 5.91 Å². The van der Waals surface area contributed by atoms with E-state index in [0.29, 0.717) is 23.2 Å². The van der Waals surface area contributed by atoms with Crippen LogP contribution in [0.1, 0.15) is 16.7 Å². The number of carbonyl (C=O) groups excluding carboxylic acids is 1. The van der Waals surface area contributed by atoms with E-state index in [-0.39, 0.29) is 5.91 Å². The summed E-state index contributed by atoms with van der Waals surface area (Å²) in [6.07, 6.45) is 3.09. The van der Waals surface area contributed by atoms with Gasteiger partial charge < -0.3 is 10.1 Å². The van der Waals surface area contributed by atoms with Crippen LogP contribution in [0.3, 0.4) is 0 Å². The second-order valence-electron chi connectivity index (χ2n) is 5.34. The Labute approximate surface area is 152 Å². The van der Waals surface area contributed by atoms with E-state index in [4.69, 9.17) is 27.9 Å². The molecule has 2 rings (SSSR count). The molecule has 0 aliphatic rings. The molecular formula is C19H19Cl2NO2. The van der Waals surface area contributed by atoms with Crippen LogP contribution in [-0.2, 0) is 4.79 Å². The van der Waals surface area contributed by atoms with Crippen LogP contribution in [0.4, 0.5) is 0 Å². The maximum atomic E-state index is 11.8. The molecular weight excluding hydrogens is 345 g/mol. The number of rotatable bonds is 6. The fourth-order valence-electron chi connectivity index (χ4n) is 2.08. The van der Waals surface area contributed by atoms with Crippen molar-refractivity contribution in [2.45, 2.75) is 13.8 Å². The molecule has 0 radical (unpaired) electrons. The van der Waals surface area contributed by atoms with Gasteiger partial charge in [-0.05, 0) is 54.8 Å². The maximum absolute atomic E-state index is 11.8. The number of hydrogen-bond donors (Lipinski definition) is 1. The molecule has 1 amide bonds. The minimum atomic E-state index is -0.203. The summed E-state index contributed by atoms with van der Waals surface area (Å²) in [6, 6.07) is 11.0. The second kappa shape index (κ2) is 8.76. The van der Waals surface area contributed by atoms with Crippen LogP contribution in [0.5, 0.6) is 5.75 Å². The maximum Gasteiger partial charge on any atom is 0.244 e. The van der Waals surface area contributed by atoms with E-state index in [9.17, 15) is 4.79 Å². The molecule has 0 spiro atoms. The van der Waals surface area contributed by atoms with Gasteiger partial charge in [0.15, 0.2) is 0 Å². The van der Waals surface area contributed by atoms with Gasteiger partial charge >= 0.3 is 0 Å². The lowest BCUT2D eigenvalue weighted by atomic mass is 10.1. The van der Waals surface area contributed by atoms with Crippen molar-refractivity contribution in [3.8, 4) is 5.75 Å². The van der Waals surface area contributed by atoms with Crippen LogP contribution >= 0.6 is 23.2 Å². The average molecular weight is 364 g/mol. The monoisotopic (exact) mass is 363 g/mol. The average Bonchev–Trinajstić information content (AvgIpc) is 2.54. The first-order chi connectivity index (χ1) is 11.5.